The van der Waals surface area contributed by atoms with Gasteiger partial charge >= 0.3 is 0 Å². The first-order valence-electron chi connectivity index (χ1n) is 11.6. The standard InChI is InChI=1S/C23H42N2O2/c1-20(17-18-24-21-13-9-5-4-6-10-14-21)25-23(26)19-27-22-15-11-7-2-3-8-12-16-22/h21-22,24H,1-19H2,(H,25,26). The monoisotopic (exact) mass is 378 g/mol. The van der Waals surface area contributed by atoms with Crippen molar-refractivity contribution < 1.29 is 9.53 Å². The van der Waals surface area contributed by atoms with Gasteiger partial charge in [0.15, 0.2) is 0 Å². The summed E-state index contributed by atoms with van der Waals surface area (Å²) in [7, 11) is 0. The average molecular weight is 379 g/mol. The van der Waals surface area contributed by atoms with Crippen LogP contribution in [0.2, 0.25) is 0 Å². The van der Waals surface area contributed by atoms with Crippen molar-refractivity contribution in [1.82, 2.24) is 10.6 Å². The third kappa shape index (κ3) is 10.9. The van der Waals surface area contributed by atoms with Crippen molar-refractivity contribution in [1.29, 1.82) is 0 Å². The lowest BCUT2D eigenvalue weighted by Gasteiger charge is -2.21. The largest absolute Gasteiger partial charge is 0.368 e. The summed E-state index contributed by atoms with van der Waals surface area (Å²) in [6.45, 7) is 5.08. The Hall–Kier alpha value is -0.870. The van der Waals surface area contributed by atoms with Gasteiger partial charge in [0, 0.05) is 18.3 Å². The van der Waals surface area contributed by atoms with Crippen molar-refractivity contribution >= 4 is 5.91 Å². The van der Waals surface area contributed by atoms with Gasteiger partial charge < -0.3 is 15.4 Å². The third-order valence-electron chi connectivity index (χ3n) is 6.03. The molecule has 2 N–H and O–H groups in total. The highest BCUT2D eigenvalue weighted by Gasteiger charge is 2.14. The zero-order valence-corrected chi connectivity index (χ0v) is 17.4. The Kier molecular flexibility index (Phi) is 11.8. The van der Waals surface area contributed by atoms with Gasteiger partial charge in [0.1, 0.15) is 6.61 Å². The van der Waals surface area contributed by atoms with Crippen LogP contribution >= 0.6 is 0 Å². The van der Waals surface area contributed by atoms with Crippen molar-refractivity contribution in [2.75, 3.05) is 13.2 Å². The summed E-state index contributed by atoms with van der Waals surface area (Å²) in [6.07, 6.45) is 20.4. The maximum Gasteiger partial charge on any atom is 0.250 e. The molecule has 4 nitrogen and oxygen atoms in total. The van der Waals surface area contributed by atoms with Crippen LogP contribution in [0.1, 0.15) is 103 Å². The molecule has 0 radical (unpaired) electrons. The van der Waals surface area contributed by atoms with Gasteiger partial charge in [-0.25, -0.2) is 0 Å². The van der Waals surface area contributed by atoms with Gasteiger partial charge in [-0.15, -0.1) is 0 Å². The lowest BCUT2D eigenvalue weighted by molar-refractivity contribution is -0.127. The number of hydrogen-bond acceptors (Lipinski definition) is 3. The molecule has 0 heterocycles. The average Bonchev–Trinajstić information content (AvgIpc) is 2.75. The van der Waals surface area contributed by atoms with E-state index in [9.17, 15) is 4.79 Å². The number of amides is 1. The van der Waals surface area contributed by atoms with Crippen LogP contribution in [0.25, 0.3) is 0 Å². The van der Waals surface area contributed by atoms with E-state index in [2.05, 4.69) is 17.2 Å². The molecule has 0 aliphatic heterocycles. The van der Waals surface area contributed by atoms with E-state index in [0.29, 0.717) is 6.04 Å². The Morgan fingerprint density at radius 2 is 1.33 bits per heavy atom. The highest BCUT2D eigenvalue weighted by atomic mass is 16.5. The summed E-state index contributed by atoms with van der Waals surface area (Å²) < 4.78 is 5.89. The smallest absolute Gasteiger partial charge is 0.250 e. The van der Waals surface area contributed by atoms with E-state index in [0.717, 1.165) is 31.5 Å². The zero-order chi connectivity index (χ0) is 19.2. The SMILES string of the molecule is C=C(CCNC1CCCCCCC1)NC(=O)COC1CCCCCCCC1. The first kappa shape index (κ1) is 22.4. The van der Waals surface area contributed by atoms with Crippen LogP contribution in [0.15, 0.2) is 12.3 Å². The Bertz CT molecular complexity index is 407. The number of nitrogens with one attached hydrogen (secondary N) is 2. The number of hydrogen-bond donors (Lipinski definition) is 2. The van der Waals surface area contributed by atoms with Crippen LogP contribution < -0.4 is 10.6 Å². The van der Waals surface area contributed by atoms with Gasteiger partial charge in [0.2, 0.25) is 5.91 Å². The number of ether oxygens (including phenoxy) is 1. The Morgan fingerprint density at radius 3 is 1.93 bits per heavy atom. The molecule has 0 unspecified atom stereocenters. The number of carbonyl (C=O) groups excluding carboxylic acids is 1. The summed E-state index contributed by atoms with van der Waals surface area (Å²) in [5.41, 5.74) is 0.802. The molecule has 2 saturated carbocycles. The van der Waals surface area contributed by atoms with E-state index in [1.807, 2.05) is 0 Å². The van der Waals surface area contributed by atoms with Crippen LogP contribution in [-0.2, 0) is 9.53 Å². The molecule has 4 heteroatoms. The van der Waals surface area contributed by atoms with Crippen molar-refractivity contribution in [2.24, 2.45) is 0 Å². The Morgan fingerprint density at radius 1 is 0.815 bits per heavy atom. The van der Waals surface area contributed by atoms with Crippen molar-refractivity contribution in [3.63, 3.8) is 0 Å². The topological polar surface area (TPSA) is 50.4 Å². The molecule has 2 aliphatic carbocycles. The molecule has 0 atom stereocenters. The molecular formula is C23H42N2O2. The second kappa shape index (κ2) is 14.2. The summed E-state index contributed by atoms with van der Waals surface area (Å²) in [5, 5.41) is 6.57. The lowest BCUT2D eigenvalue weighted by Crippen LogP contribution is -2.33. The molecule has 0 saturated heterocycles. The van der Waals surface area contributed by atoms with Crippen molar-refractivity contribution in [3.8, 4) is 0 Å². The van der Waals surface area contributed by atoms with Gasteiger partial charge in [0.25, 0.3) is 0 Å². The van der Waals surface area contributed by atoms with Crippen LogP contribution in [0.3, 0.4) is 0 Å². The second-order valence-corrected chi connectivity index (χ2v) is 8.53. The fraction of sp³-hybridized carbons (Fsp3) is 0.870. The van der Waals surface area contributed by atoms with Crippen molar-refractivity contribution in [2.45, 2.75) is 115 Å². The predicted octanol–water partition coefficient (Wildman–Crippen LogP) is 5.23. The summed E-state index contributed by atoms with van der Waals surface area (Å²) >= 11 is 0. The third-order valence-corrected chi connectivity index (χ3v) is 6.03. The van der Waals surface area contributed by atoms with Gasteiger partial charge in [-0.3, -0.25) is 4.79 Å². The first-order valence-corrected chi connectivity index (χ1v) is 11.6. The first-order chi connectivity index (χ1) is 13.2. The minimum absolute atomic E-state index is 0.0502. The minimum Gasteiger partial charge on any atom is -0.368 e. The minimum atomic E-state index is -0.0502. The molecule has 1 amide bonds. The lowest BCUT2D eigenvalue weighted by atomic mass is 9.97. The highest BCUT2D eigenvalue weighted by molar-refractivity contribution is 5.78. The van der Waals surface area contributed by atoms with Crippen LogP contribution in [0.5, 0.6) is 0 Å². The molecule has 0 bridgehead atoms. The van der Waals surface area contributed by atoms with Gasteiger partial charge in [-0.2, -0.15) is 0 Å². The van der Waals surface area contributed by atoms with E-state index in [1.165, 1.54) is 83.5 Å². The highest BCUT2D eigenvalue weighted by Crippen LogP contribution is 2.19. The van der Waals surface area contributed by atoms with E-state index in [1.54, 1.807) is 0 Å². The molecule has 0 aromatic rings. The molecule has 2 rings (SSSR count). The Balaban J connectivity index is 1.55. The van der Waals surface area contributed by atoms with Crippen molar-refractivity contribution in [3.05, 3.63) is 12.3 Å². The molecule has 2 aliphatic rings. The second-order valence-electron chi connectivity index (χ2n) is 8.53. The molecular weight excluding hydrogens is 336 g/mol. The van der Waals surface area contributed by atoms with Gasteiger partial charge in [0.05, 0.1) is 6.10 Å². The molecule has 0 spiro atoms. The number of carbonyl (C=O) groups is 1. The molecule has 0 aromatic heterocycles. The summed E-state index contributed by atoms with van der Waals surface area (Å²) in [4.78, 5) is 12.1. The zero-order valence-electron chi connectivity index (χ0n) is 17.4. The maximum absolute atomic E-state index is 12.1. The molecule has 156 valence electrons. The molecule has 2 fully saturated rings. The van der Waals surface area contributed by atoms with E-state index < -0.39 is 0 Å². The fourth-order valence-corrected chi connectivity index (χ4v) is 4.34. The normalized spacial score (nSPS) is 21.3. The van der Waals surface area contributed by atoms with Gasteiger partial charge in [-0.05, 0) is 32.1 Å². The van der Waals surface area contributed by atoms with Crippen LogP contribution in [0.4, 0.5) is 0 Å². The quantitative estimate of drug-likeness (QED) is 0.608. The van der Waals surface area contributed by atoms with E-state index in [-0.39, 0.29) is 18.6 Å². The van der Waals surface area contributed by atoms with Crippen LogP contribution in [-0.4, -0.2) is 31.2 Å². The molecule has 27 heavy (non-hydrogen) atoms. The van der Waals surface area contributed by atoms with Crippen LogP contribution in [0, 0.1) is 0 Å². The molecule has 0 aromatic carbocycles. The number of rotatable bonds is 8. The van der Waals surface area contributed by atoms with E-state index in [4.69, 9.17) is 4.74 Å². The summed E-state index contributed by atoms with van der Waals surface area (Å²) in [6, 6.07) is 0.639. The fourth-order valence-electron chi connectivity index (χ4n) is 4.34. The maximum atomic E-state index is 12.1. The van der Waals surface area contributed by atoms with Gasteiger partial charge in [-0.1, -0.05) is 77.2 Å². The predicted molar refractivity (Wildman–Crippen MR) is 113 cm³/mol. The Labute approximate surface area is 166 Å². The summed E-state index contributed by atoms with van der Waals surface area (Å²) in [5.74, 6) is -0.0502. The van der Waals surface area contributed by atoms with E-state index >= 15 is 0 Å².